The minimum Gasteiger partial charge on any atom is -0.479 e. The topological polar surface area (TPSA) is 124 Å². The lowest BCUT2D eigenvalue weighted by Crippen LogP contribution is -2.12. The van der Waals surface area contributed by atoms with Crippen molar-refractivity contribution < 1.29 is 24.2 Å². The van der Waals surface area contributed by atoms with E-state index in [1.54, 1.807) is 12.5 Å². The van der Waals surface area contributed by atoms with Crippen LogP contribution in [0.4, 0.5) is 0 Å². The zero-order valence-electron chi connectivity index (χ0n) is 24.9. The van der Waals surface area contributed by atoms with Crippen LogP contribution in [0.1, 0.15) is 99.4 Å². The van der Waals surface area contributed by atoms with E-state index in [4.69, 9.17) is 14.6 Å². The summed E-state index contributed by atoms with van der Waals surface area (Å²) >= 11 is 0. The smallest absolute Gasteiger partial charge is 0.341 e. The monoisotopic (exact) mass is 553 g/mol. The maximum Gasteiger partial charge on any atom is 0.341 e. The molecule has 1 fully saturated rings. The summed E-state index contributed by atoms with van der Waals surface area (Å²) in [6.07, 6.45) is 22.2. The van der Waals surface area contributed by atoms with Crippen molar-refractivity contribution in [2.75, 3.05) is 6.61 Å². The van der Waals surface area contributed by atoms with Crippen molar-refractivity contribution in [1.29, 1.82) is 0 Å². The maximum absolute atomic E-state index is 12.0. The molecule has 1 saturated carbocycles. The van der Waals surface area contributed by atoms with Crippen molar-refractivity contribution >= 4 is 23.7 Å². The predicted octanol–water partition coefficient (Wildman–Crippen LogP) is 6.71. The van der Waals surface area contributed by atoms with Crippen molar-refractivity contribution in [2.24, 2.45) is 11.7 Å². The second kappa shape index (κ2) is 18.6. The number of hydrogen-bond donors (Lipinski definition) is 2. The molecule has 0 aliphatic heterocycles. The van der Waals surface area contributed by atoms with Crippen molar-refractivity contribution in [3.05, 3.63) is 65.2 Å². The largest absolute Gasteiger partial charge is 0.479 e. The van der Waals surface area contributed by atoms with Crippen LogP contribution in [-0.2, 0) is 16.0 Å². The summed E-state index contributed by atoms with van der Waals surface area (Å²) in [5.74, 6) is 0.0283. The molecule has 40 heavy (non-hydrogen) atoms. The Morgan fingerprint density at radius 2 is 1.85 bits per heavy atom. The molecule has 0 radical (unpaired) electrons. The molecule has 2 heterocycles. The van der Waals surface area contributed by atoms with Crippen LogP contribution in [0.2, 0.25) is 0 Å². The van der Waals surface area contributed by atoms with Crippen LogP contribution in [0.25, 0.3) is 5.52 Å². The number of aromatic nitrogens is 2. The highest BCUT2D eigenvalue weighted by Crippen LogP contribution is 2.31. The molecular weight excluding hydrogens is 506 g/mol. The van der Waals surface area contributed by atoms with Gasteiger partial charge in [0.2, 0.25) is 12.3 Å². The average Bonchev–Trinajstić information content (AvgIpc) is 3.22. The Morgan fingerprint density at radius 1 is 1.20 bits per heavy atom. The van der Waals surface area contributed by atoms with E-state index in [0.29, 0.717) is 23.2 Å². The van der Waals surface area contributed by atoms with E-state index >= 15 is 0 Å². The van der Waals surface area contributed by atoms with Gasteiger partial charge in [-0.3, -0.25) is 9.59 Å². The van der Waals surface area contributed by atoms with E-state index in [2.05, 4.69) is 36.4 Å². The van der Waals surface area contributed by atoms with Crippen LogP contribution in [0.15, 0.2) is 42.7 Å². The Bertz CT molecular complexity index is 1190. The number of rotatable bonds is 11. The number of aliphatic carboxylic acids is 1. The van der Waals surface area contributed by atoms with Gasteiger partial charge in [-0.2, -0.15) is 0 Å². The lowest BCUT2D eigenvalue weighted by molar-refractivity contribution is -0.139. The number of ketones is 1. The van der Waals surface area contributed by atoms with Gasteiger partial charge in [0.25, 0.3) is 0 Å². The Balaban J connectivity index is 0.000000376. The van der Waals surface area contributed by atoms with E-state index in [9.17, 15) is 9.59 Å². The Labute approximate surface area is 239 Å². The number of carboxylic acids is 1. The van der Waals surface area contributed by atoms with Crippen molar-refractivity contribution in [3.63, 3.8) is 0 Å². The van der Waals surface area contributed by atoms with E-state index in [1.807, 2.05) is 36.6 Å². The third kappa shape index (κ3) is 10.8. The molecule has 8 heteroatoms. The van der Waals surface area contributed by atoms with Crippen LogP contribution in [0.3, 0.4) is 0 Å². The molecule has 8 nitrogen and oxygen atoms in total. The number of fused-ring (bicyclic) bond motifs is 1. The van der Waals surface area contributed by atoms with Crippen molar-refractivity contribution in [1.82, 2.24) is 9.38 Å². The number of ether oxygens (including phenoxy) is 1. The van der Waals surface area contributed by atoms with Gasteiger partial charge in [-0.15, -0.1) is 0 Å². The number of primary amides is 1. The molecule has 0 spiro atoms. The number of carbonyl (C=O) groups excluding carboxylic acids is 2. The maximum atomic E-state index is 12.0. The van der Waals surface area contributed by atoms with Crippen molar-refractivity contribution in [3.8, 4) is 5.88 Å². The average molecular weight is 554 g/mol. The van der Waals surface area contributed by atoms with Gasteiger partial charge >= 0.3 is 5.97 Å². The van der Waals surface area contributed by atoms with Crippen molar-refractivity contribution in [2.45, 2.75) is 92.4 Å². The summed E-state index contributed by atoms with van der Waals surface area (Å²) in [6.45, 7) is 12.7. The normalized spacial score (nSPS) is 13.7. The van der Waals surface area contributed by atoms with Gasteiger partial charge in [0.1, 0.15) is 5.52 Å². The van der Waals surface area contributed by atoms with Crippen LogP contribution >= 0.6 is 0 Å². The first kappa shape index (κ1) is 34.3. The highest BCUT2D eigenvalue weighted by molar-refractivity contribution is 6.04. The second-order valence-corrected chi connectivity index (χ2v) is 9.92. The summed E-state index contributed by atoms with van der Waals surface area (Å²) in [5, 5.41) is 8.77. The van der Waals surface area contributed by atoms with Gasteiger partial charge in [-0.25, -0.2) is 9.78 Å². The molecule has 1 aliphatic carbocycles. The first-order valence-corrected chi connectivity index (χ1v) is 14.1. The van der Waals surface area contributed by atoms with E-state index < -0.39 is 12.6 Å². The lowest BCUT2D eigenvalue weighted by atomic mass is 9.85. The molecule has 220 valence electrons. The summed E-state index contributed by atoms with van der Waals surface area (Å²) in [7, 11) is 0. The minimum atomic E-state index is -1.08. The Morgan fingerprint density at radius 3 is 2.38 bits per heavy atom. The molecule has 0 saturated heterocycles. The van der Waals surface area contributed by atoms with Crippen LogP contribution in [-0.4, -0.2) is 39.3 Å². The first-order chi connectivity index (χ1) is 19.1. The molecule has 2 aromatic rings. The molecule has 1 amide bonds. The fourth-order valence-corrected chi connectivity index (χ4v) is 5.11. The third-order valence-corrected chi connectivity index (χ3v) is 7.04. The van der Waals surface area contributed by atoms with Gasteiger partial charge in [0.05, 0.1) is 11.3 Å². The molecule has 3 rings (SSSR count). The second-order valence-electron chi connectivity index (χ2n) is 9.92. The van der Waals surface area contributed by atoms with Gasteiger partial charge in [-0.1, -0.05) is 82.4 Å². The summed E-state index contributed by atoms with van der Waals surface area (Å²) < 4.78 is 7.14. The number of nitrogens with two attached hydrogens (primary N) is 1. The molecule has 0 atom stereocenters. The highest BCUT2D eigenvalue weighted by Gasteiger charge is 2.22. The summed E-state index contributed by atoms with van der Waals surface area (Å²) in [6, 6.07) is 0. The van der Waals surface area contributed by atoms with Crippen LogP contribution in [0.5, 0.6) is 5.88 Å². The number of carbonyl (C=O) groups is 3. The molecule has 2 aromatic heterocycles. The Hall–Kier alpha value is -3.68. The van der Waals surface area contributed by atoms with Gasteiger partial charge in [0.15, 0.2) is 12.4 Å². The molecule has 0 bridgehead atoms. The number of aryl methyl sites for hydroxylation is 2. The molecule has 0 unspecified atom stereocenters. The van der Waals surface area contributed by atoms with E-state index in [0.717, 1.165) is 17.2 Å². The number of amides is 1. The van der Waals surface area contributed by atoms with Gasteiger partial charge in [-0.05, 0) is 57.9 Å². The molecule has 1 aliphatic rings. The number of nitrogens with zero attached hydrogens (tertiary/aromatic N) is 2. The third-order valence-electron chi connectivity index (χ3n) is 7.04. The first-order valence-electron chi connectivity index (χ1n) is 14.1. The quantitative estimate of drug-likeness (QED) is 0.181. The van der Waals surface area contributed by atoms with Gasteiger partial charge < -0.3 is 20.0 Å². The molecular formula is C32H47N3O5. The zero-order valence-corrected chi connectivity index (χ0v) is 24.9. The number of hydrogen-bond acceptors (Lipinski definition) is 5. The van der Waals surface area contributed by atoms with E-state index in [1.165, 1.54) is 58.3 Å². The fraction of sp³-hybridized carbons (Fsp3) is 0.500. The number of allylic oxidation sites excluding steroid dienone is 5. The highest BCUT2D eigenvalue weighted by atomic mass is 16.5. The summed E-state index contributed by atoms with van der Waals surface area (Å²) in [5.41, 5.74) is 9.44. The SMILES string of the molecule is C=C/C=C\C=C(\CC)CCC1CCCCC1.CCc1c(C(C)=O)c2c(OCC(=O)O)nc(C)cn2c1C.NC=O. The number of carboxylic acid groups (broad SMARTS) is 1. The predicted molar refractivity (Wildman–Crippen MR) is 161 cm³/mol. The molecule has 3 N–H and O–H groups in total. The number of Topliss-reactive ketones (excluding diaryl/α,β-unsaturated/α-hetero) is 1. The minimum absolute atomic E-state index is 0.0803. The zero-order chi connectivity index (χ0) is 30.1. The van der Waals surface area contributed by atoms with E-state index in [-0.39, 0.29) is 18.1 Å². The van der Waals surface area contributed by atoms with Crippen LogP contribution in [0, 0.1) is 19.8 Å². The Kier molecular flexibility index (Phi) is 16.0. The fourth-order valence-electron chi connectivity index (χ4n) is 5.11. The summed E-state index contributed by atoms with van der Waals surface area (Å²) in [4.78, 5) is 35.6. The lowest BCUT2D eigenvalue weighted by Gasteiger charge is -2.21. The standard InChI is InChI=1S/C16H26.C15H18N2O4.CH3NO/c1-3-5-7-10-15(4-2)13-14-16-11-8-6-9-12-16;1-5-11-9(3)17-6-8(2)16-15(21-7-12(19)20)14(17)13(11)10(4)18;2-1-3/h3,5,7,10,16H,1,4,6,8-9,11-14H2,2H3;6H,5,7H2,1-4H3,(H,19,20);1H,(H2,2,3)/b7-5-,15-10-;;. The van der Waals surface area contributed by atoms with Gasteiger partial charge in [0, 0.05) is 11.9 Å². The molecule has 0 aromatic carbocycles. The van der Waals surface area contributed by atoms with Crippen LogP contribution < -0.4 is 10.5 Å².